The minimum Gasteiger partial charge on any atom is -0.344 e. The monoisotopic (exact) mass is 324 g/mol. The maximum absolute atomic E-state index is 13.9. The molecule has 1 heterocycles. The lowest BCUT2D eigenvalue weighted by atomic mass is 10.0. The van der Waals surface area contributed by atoms with E-state index >= 15 is 0 Å². The van der Waals surface area contributed by atoms with Crippen molar-refractivity contribution in [3.8, 4) is 11.1 Å². The van der Waals surface area contributed by atoms with Crippen LogP contribution in [0.3, 0.4) is 0 Å². The average molecular weight is 324 g/mol. The summed E-state index contributed by atoms with van der Waals surface area (Å²) in [5.41, 5.74) is 1.79. The summed E-state index contributed by atoms with van der Waals surface area (Å²) in [6.07, 6.45) is 3.62. The van der Waals surface area contributed by atoms with Gasteiger partial charge in [0.15, 0.2) is 0 Å². The van der Waals surface area contributed by atoms with Gasteiger partial charge in [-0.05, 0) is 47.7 Å². The second kappa shape index (κ2) is 6.79. The molecule has 4 heteroatoms. The number of aromatic nitrogens is 1. The van der Waals surface area contributed by atoms with Crippen LogP contribution in [0.25, 0.3) is 21.9 Å². The van der Waals surface area contributed by atoms with E-state index in [2.05, 4.69) is 23.8 Å². The quantitative estimate of drug-likeness (QED) is 0.631. The molecule has 1 N–H and O–H groups in total. The first-order valence-corrected chi connectivity index (χ1v) is 7.87. The Morgan fingerprint density at radius 3 is 2.71 bits per heavy atom. The third kappa shape index (κ3) is 3.43. The number of fused-ring (bicyclic) bond motifs is 1. The van der Waals surface area contributed by atoms with Crippen molar-refractivity contribution in [3.63, 3.8) is 0 Å². The van der Waals surface area contributed by atoms with Crippen molar-refractivity contribution in [3.05, 3.63) is 72.6 Å². The molecule has 0 aliphatic heterocycles. The van der Waals surface area contributed by atoms with E-state index in [-0.39, 0.29) is 5.56 Å². The smallest absolute Gasteiger partial charge is 0.131 e. The van der Waals surface area contributed by atoms with Crippen molar-refractivity contribution < 1.29 is 8.78 Å². The van der Waals surface area contributed by atoms with E-state index < -0.39 is 11.6 Å². The molecule has 0 saturated heterocycles. The number of hydrogen-bond donors (Lipinski definition) is 1. The zero-order valence-corrected chi connectivity index (χ0v) is 13.4. The Balaban J connectivity index is 1.95. The standard InChI is InChI=1S/C20H18F2N2/c1-3-4-13(2)24-20-10-14-5-6-15(9-16(14)12-23-20)18-11-17(21)7-8-19(18)22/h5-12H,2-4H2,1H3,(H,23,24). The van der Waals surface area contributed by atoms with E-state index in [1.807, 2.05) is 18.2 Å². The predicted octanol–water partition coefficient (Wildman–Crippen LogP) is 5.91. The van der Waals surface area contributed by atoms with Crippen LogP contribution in [-0.4, -0.2) is 4.98 Å². The van der Waals surface area contributed by atoms with Gasteiger partial charge < -0.3 is 5.32 Å². The molecule has 24 heavy (non-hydrogen) atoms. The van der Waals surface area contributed by atoms with Gasteiger partial charge in [-0.2, -0.15) is 0 Å². The number of rotatable bonds is 5. The average Bonchev–Trinajstić information content (AvgIpc) is 2.57. The maximum atomic E-state index is 13.9. The molecule has 0 radical (unpaired) electrons. The van der Waals surface area contributed by atoms with Crippen LogP contribution in [0.2, 0.25) is 0 Å². The zero-order valence-electron chi connectivity index (χ0n) is 13.4. The van der Waals surface area contributed by atoms with Crippen LogP contribution in [0.1, 0.15) is 19.8 Å². The van der Waals surface area contributed by atoms with E-state index in [0.29, 0.717) is 5.56 Å². The van der Waals surface area contributed by atoms with Gasteiger partial charge in [0.2, 0.25) is 0 Å². The van der Waals surface area contributed by atoms with Gasteiger partial charge in [0.25, 0.3) is 0 Å². The van der Waals surface area contributed by atoms with Crippen LogP contribution in [0.4, 0.5) is 14.6 Å². The highest BCUT2D eigenvalue weighted by atomic mass is 19.1. The molecule has 0 aliphatic rings. The Labute approximate surface area is 139 Å². The number of allylic oxidation sites excluding steroid dienone is 1. The van der Waals surface area contributed by atoms with Crippen LogP contribution >= 0.6 is 0 Å². The molecule has 3 aromatic rings. The van der Waals surface area contributed by atoms with Crippen LogP contribution in [0.15, 0.2) is 60.9 Å². The van der Waals surface area contributed by atoms with Crippen molar-refractivity contribution in [1.82, 2.24) is 4.98 Å². The molecular formula is C20H18F2N2. The predicted molar refractivity (Wildman–Crippen MR) is 94.8 cm³/mol. The van der Waals surface area contributed by atoms with Gasteiger partial charge in [0.05, 0.1) is 0 Å². The van der Waals surface area contributed by atoms with Crippen molar-refractivity contribution in [2.75, 3.05) is 5.32 Å². The minimum atomic E-state index is -0.460. The lowest BCUT2D eigenvalue weighted by molar-refractivity contribution is 0.603. The summed E-state index contributed by atoms with van der Waals surface area (Å²) >= 11 is 0. The molecule has 122 valence electrons. The van der Waals surface area contributed by atoms with Crippen molar-refractivity contribution in [1.29, 1.82) is 0 Å². The van der Waals surface area contributed by atoms with E-state index in [1.165, 1.54) is 6.07 Å². The lowest BCUT2D eigenvalue weighted by Gasteiger charge is -2.10. The first-order valence-electron chi connectivity index (χ1n) is 7.87. The second-order valence-corrected chi connectivity index (χ2v) is 5.73. The normalized spacial score (nSPS) is 10.8. The Morgan fingerprint density at radius 1 is 1.08 bits per heavy atom. The summed E-state index contributed by atoms with van der Waals surface area (Å²) in [6.45, 7) is 6.05. The van der Waals surface area contributed by atoms with E-state index in [9.17, 15) is 8.78 Å². The molecule has 0 aliphatic carbocycles. The Morgan fingerprint density at radius 2 is 1.92 bits per heavy atom. The Kier molecular flexibility index (Phi) is 4.56. The molecule has 3 rings (SSSR count). The van der Waals surface area contributed by atoms with Gasteiger partial charge in [-0.3, -0.25) is 0 Å². The Bertz CT molecular complexity index is 903. The van der Waals surface area contributed by atoms with E-state index in [4.69, 9.17) is 0 Å². The van der Waals surface area contributed by atoms with Crippen molar-refractivity contribution in [2.24, 2.45) is 0 Å². The highest BCUT2D eigenvalue weighted by Gasteiger charge is 2.08. The molecule has 0 spiro atoms. The van der Waals surface area contributed by atoms with Crippen LogP contribution in [0, 0.1) is 11.6 Å². The van der Waals surface area contributed by atoms with Gasteiger partial charge in [-0.15, -0.1) is 0 Å². The van der Waals surface area contributed by atoms with E-state index in [1.54, 1.807) is 12.3 Å². The second-order valence-electron chi connectivity index (χ2n) is 5.73. The third-order valence-corrected chi connectivity index (χ3v) is 3.82. The first-order chi connectivity index (χ1) is 11.6. The number of nitrogens with zero attached hydrogens (tertiary/aromatic N) is 1. The summed E-state index contributed by atoms with van der Waals surface area (Å²) < 4.78 is 27.3. The maximum Gasteiger partial charge on any atom is 0.131 e. The molecule has 0 saturated carbocycles. The van der Waals surface area contributed by atoms with Gasteiger partial charge in [0, 0.05) is 22.8 Å². The molecule has 0 unspecified atom stereocenters. The summed E-state index contributed by atoms with van der Waals surface area (Å²) in [4.78, 5) is 4.36. The first kappa shape index (κ1) is 16.1. The highest BCUT2D eigenvalue weighted by Crippen LogP contribution is 2.28. The van der Waals surface area contributed by atoms with Crippen molar-refractivity contribution >= 4 is 16.6 Å². The molecule has 0 fully saturated rings. The third-order valence-electron chi connectivity index (χ3n) is 3.82. The number of pyridine rings is 1. The van der Waals surface area contributed by atoms with Crippen LogP contribution < -0.4 is 5.32 Å². The largest absolute Gasteiger partial charge is 0.344 e. The lowest BCUT2D eigenvalue weighted by Crippen LogP contribution is -1.99. The van der Waals surface area contributed by atoms with E-state index in [0.717, 1.165) is 47.3 Å². The SMILES string of the molecule is C=C(CCC)Nc1cc2ccc(-c3cc(F)ccc3F)cc2cn1. The highest BCUT2D eigenvalue weighted by molar-refractivity contribution is 5.88. The summed E-state index contributed by atoms with van der Waals surface area (Å²) in [5.74, 6) is -0.179. The van der Waals surface area contributed by atoms with Crippen molar-refractivity contribution in [2.45, 2.75) is 19.8 Å². The van der Waals surface area contributed by atoms with Gasteiger partial charge in [-0.1, -0.05) is 32.1 Å². The topological polar surface area (TPSA) is 24.9 Å². The van der Waals surface area contributed by atoms with Gasteiger partial charge >= 0.3 is 0 Å². The number of anilines is 1. The number of nitrogens with one attached hydrogen (secondary N) is 1. The van der Waals surface area contributed by atoms with Gasteiger partial charge in [0.1, 0.15) is 17.5 Å². The number of benzene rings is 2. The molecule has 2 nitrogen and oxygen atoms in total. The molecule has 0 bridgehead atoms. The van der Waals surface area contributed by atoms with Crippen LogP contribution in [0.5, 0.6) is 0 Å². The number of hydrogen-bond acceptors (Lipinski definition) is 2. The Hall–Kier alpha value is -2.75. The fourth-order valence-electron chi connectivity index (χ4n) is 2.64. The molecular weight excluding hydrogens is 306 g/mol. The zero-order chi connectivity index (χ0) is 17.1. The summed E-state index contributed by atoms with van der Waals surface area (Å²) in [6, 6.07) is 10.8. The molecule has 0 atom stereocenters. The number of halogens is 2. The molecule has 0 amide bonds. The van der Waals surface area contributed by atoms with Gasteiger partial charge in [-0.25, -0.2) is 13.8 Å². The summed E-state index contributed by atoms with van der Waals surface area (Å²) in [7, 11) is 0. The summed E-state index contributed by atoms with van der Waals surface area (Å²) in [5, 5.41) is 5.02. The minimum absolute atomic E-state index is 0.246. The molecule has 1 aromatic heterocycles. The fraction of sp³-hybridized carbons (Fsp3) is 0.150. The molecule has 2 aromatic carbocycles. The fourth-order valence-corrected chi connectivity index (χ4v) is 2.64. The van der Waals surface area contributed by atoms with Crippen LogP contribution in [-0.2, 0) is 0 Å².